The van der Waals surface area contributed by atoms with E-state index in [-0.39, 0.29) is 5.78 Å². The van der Waals surface area contributed by atoms with E-state index in [9.17, 15) is 4.79 Å². The van der Waals surface area contributed by atoms with Crippen molar-refractivity contribution in [3.8, 4) is 11.1 Å². The molecule has 0 saturated carbocycles. The number of Topliss-reactive ketones (excluding diaryl/α,β-unsaturated/α-hetero) is 1. The molecule has 4 nitrogen and oxygen atoms in total. The maximum atomic E-state index is 12.5. The average Bonchev–Trinajstić information content (AvgIpc) is 3.11. The first kappa shape index (κ1) is 17.5. The van der Waals surface area contributed by atoms with E-state index in [4.69, 9.17) is 0 Å². The number of hydrogen-bond donors (Lipinski definition) is 0. The molecule has 2 heterocycles. The van der Waals surface area contributed by atoms with Gasteiger partial charge in [0.2, 0.25) is 0 Å². The van der Waals surface area contributed by atoms with Crippen LogP contribution in [-0.2, 0) is 0 Å². The lowest BCUT2D eigenvalue weighted by atomic mass is 10.1. The fourth-order valence-electron chi connectivity index (χ4n) is 2.94. The third-order valence-electron chi connectivity index (χ3n) is 4.38. The minimum atomic E-state index is 0.109. The Bertz CT molecular complexity index is 1100. The zero-order valence-corrected chi connectivity index (χ0v) is 16.0. The molecule has 134 valence electrons. The fraction of sp³-hybridized carbons (Fsp3) is 0.136. The Balaban J connectivity index is 1.63. The molecular formula is C22H19N3OS. The number of nitrogens with zero attached hydrogens (tertiary/aromatic N) is 3. The molecule has 0 unspecified atom stereocenters. The van der Waals surface area contributed by atoms with Crippen LogP contribution in [0.4, 0.5) is 0 Å². The van der Waals surface area contributed by atoms with E-state index in [1.54, 1.807) is 0 Å². The zero-order valence-electron chi connectivity index (χ0n) is 15.2. The van der Waals surface area contributed by atoms with E-state index in [2.05, 4.69) is 22.2 Å². The van der Waals surface area contributed by atoms with Gasteiger partial charge in [-0.15, -0.1) is 0 Å². The van der Waals surface area contributed by atoms with Gasteiger partial charge in [0.05, 0.1) is 11.9 Å². The predicted octanol–water partition coefficient (Wildman–Crippen LogP) is 4.99. The van der Waals surface area contributed by atoms with Crippen molar-refractivity contribution < 1.29 is 4.79 Å². The highest BCUT2D eigenvalue weighted by Gasteiger charge is 2.14. The summed E-state index contributed by atoms with van der Waals surface area (Å²) in [6.07, 6.45) is 1.84. The third-order valence-corrected chi connectivity index (χ3v) is 5.37. The van der Waals surface area contributed by atoms with Gasteiger partial charge < -0.3 is 0 Å². The average molecular weight is 373 g/mol. The van der Waals surface area contributed by atoms with Crippen LogP contribution in [0.25, 0.3) is 16.8 Å². The number of ketones is 1. The maximum absolute atomic E-state index is 12.5. The van der Waals surface area contributed by atoms with Crippen molar-refractivity contribution in [2.24, 2.45) is 0 Å². The molecule has 0 fully saturated rings. The molecule has 0 aliphatic carbocycles. The lowest BCUT2D eigenvalue weighted by Crippen LogP contribution is -2.04. The first-order valence-electron chi connectivity index (χ1n) is 8.75. The third kappa shape index (κ3) is 3.64. The molecule has 4 aromatic rings. The molecule has 0 amide bonds. The molecule has 0 aliphatic rings. The molecule has 5 heteroatoms. The second-order valence-electron chi connectivity index (χ2n) is 6.47. The van der Waals surface area contributed by atoms with Crippen LogP contribution in [0.2, 0.25) is 0 Å². The van der Waals surface area contributed by atoms with Gasteiger partial charge in [0.25, 0.3) is 0 Å². The van der Waals surface area contributed by atoms with Crippen molar-refractivity contribution in [1.29, 1.82) is 0 Å². The summed E-state index contributed by atoms with van der Waals surface area (Å²) in [5.74, 6) is 0.473. The number of hydrogen-bond acceptors (Lipinski definition) is 4. The van der Waals surface area contributed by atoms with E-state index in [1.165, 1.54) is 11.8 Å². The smallest absolute Gasteiger partial charge is 0.173 e. The van der Waals surface area contributed by atoms with E-state index >= 15 is 0 Å². The van der Waals surface area contributed by atoms with Gasteiger partial charge in [-0.3, -0.25) is 4.79 Å². The summed E-state index contributed by atoms with van der Waals surface area (Å²) < 4.78 is 1.82. The van der Waals surface area contributed by atoms with Gasteiger partial charge in [-0.1, -0.05) is 71.9 Å². The van der Waals surface area contributed by atoms with Crippen LogP contribution < -0.4 is 0 Å². The standard InChI is InChI=1S/C22H19N3OS/c1-15-8-10-18(11-9-15)20(26)14-27-21-12-16(2)24-22-19(13-23-25(21)22)17-6-4-3-5-7-17/h3-13H,14H2,1-2H3. The Morgan fingerprint density at radius 1 is 1.04 bits per heavy atom. The van der Waals surface area contributed by atoms with Crippen molar-refractivity contribution in [2.75, 3.05) is 5.75 Å². The second-order valence-corrected chi connectivity index (χ2v) is 7.47. The van der Waals surface area contributed by atoms with Crippen LogP contribution in [0.1, 0.15) is 21.6 Å². The van der Waals surface area contributed by atoms with E-state index in [0.29, 0.717) is 5.75 Å². The number of carbonyl (C=O) groups is 1. The molecule has 4 rings (SSSR count). The van der Waals surface area contributed by atoms with Crippen LogP contribution in [0.15, 0.2) is 71.9 Å². The molecule has 2 aromatic heterocycles. The summed E-state index contributed by atoms with van der Waals surface area (Å²) in [5, 5.41) is 5.44. The number of fused-ring (bicyclic) bond motifs is 1. The van der Waals surface area contributed by atoms with Gasteiger partial charge in [0, 0.05) is 16.8 Å². The Kier molecular flexibility index (Phi) is 4.77. The van der Waals surface area contributed by atoms with Crippen molar-refractivity contribution >= 4 is 23.2 Å². The van der Waals surface area contributed by atoms with Crippen molar-refractivity contribution in [3.05, 3.63) is 83.7 Å². The zero-order chi connectivity index (χ0) is 18.8. The normalized spacial score (nSPS) is 11.0. The van der Waals surface area contributed by atoms with E-state index < -0.39 is 0 Å². The maximum Gasteiger partial charge on any atom is 0.173 e. The Labute approximate surface area is 162 Å². The molecule has 0 saturated heterocycles. The van der Waals surface area contributed by atoms with Crippen LogP contribution >= 0.6 is 11.8 Å². The molecule has 0 atom stereocenters. The van der Waals surface area contributed by atoms with Crippen molar-refractivity contribution in [3.63, 3.8) is 0 Å². The van der Waals surface area contributed by atoms with Crippen molar-refractivity contribution in [2.45, 2.75) is 18.9 Å². The van der Waals surface area contributed by atoms with Gasteiger partial charge in [-0.25, -0.2) is 9.50 Å². The number of rotatable bonds is 5. The highest BCUT2D eigenvalue weighted by molar-refractivity contribution is 7.99. The minimum absolute atomic E-state index is 0.109. The lowest BCUT2D eigenvalue weighted by molar-refractivity contribution is 0.102. The quantitative estimate of drug-likeness (QED) is 0.281. The van der Waals surface area contributed by atoms with Gasteiger partial charge >= 0.3 is 0 Å². The molecule has 0 N–H and O–H groups in total. The Morgan fingerprint density at radius 3 is 2.52 bits per heavy atom. The number of aromatic nitrogens is 3. The first-order valence-corrected chi connectivity index (χ1v) is 9.74. The predicted molar refractivity (Wildman–Crippen MR) is 109 cm³/mol. The van der Waals surface area contributed by atoms with Gasteiger partial charge in [0.1, 0.15) is 5.03 Å². The summed E-state index contributed by atoms with van der Waals surface area (Å²) >= 11 is 1.49. The second kappa shape index (κ2) is 7.37. The first-order chi connectivity index (χ1) is 13.1. The summed E-state index contributed by atoms with van der Waals surface area (Å²) in [5.41, 5.74) is 5.68. The van der Waals surface area contributed by atoms with Crippen LogP contribution in [-0.4, -0.2) is 26.1 Å². The number of carbonyl (C=O) groups excluding carboxylic acids is 1. The highest BCUT2D eigenvalue weighted by atomic mass is 32.2. The largest absolute Gasteiger partial charge is 0.293 e. The number of benzene rings is 2. The summed E-state index contributed by atoms with van der Waals surface area (Å²) in [4.78, 5) is 17.2. The van der Waals surface area contributed by atoms with Gasteiger partial charge in [0.15, 0.2) is 11.4 Å². The minimum Gasteiger partial charge on any atom is -0.293 e. The SMILES string of the molecule is Cc1ccc(C(=O)CSc2cc(C)nc3c(-c4ccccc4)cnn23)cc1. The van der Waals surface area contributed by atoms with E-state index in [1.807, 2.05) is 73.1 Å². The number of aryl methyl sites for hydroxylation is 2. The molecule has 0 bridgehead atoms. The van der Waals surface area contributed by atoms with Crippen LogP contribution in [0, 0.1) is 13.8 Å². The molecular weight excluding hydrogens is 354 g/mol. The number of thioether (sulfide) groups is 1. The molecule has 27 heavy (non-hydrogen) atoms. The Hall–Kier alpha value is -2.92. The molecule has 0 aliphatic heterocycles. The Morgan fingerprint density at radius 2 is 1.78 bits per heavy atom. The molecule has 2 aromatic carbocycles. The summed E-state index contributed by atoms with van der Waals surface area (Å²) in [7, 11) is 0. The lowest BCUT2D eigenvalue weighted by Gasteiger charge is -2.07. The monoisotopic (exact) mass is 373 g/mol. The summed E-state index contributed by atoms with van der Waals surface area (Å²) in [6, 6.07) is 19.8. The van der Waals surface area contributed by atoms with Crippen LogP contribution in [0.5, 0.6) is 0 Å². The molecule has 0 spiro atoms. The van der Waals surface area contributed by atoms with Crippen LogP contribution in [0.3, 0.4) is 0 Å². The topological polar surface area (TPSA) is 47.3 Å². The highest BCUT2D eigenvalue weighted by Crippen LogP contribution is 2.27. The molecule has 0 radical (unpaired) electrons. The summed E-state index contributed by atoms with van der Waals surface area (Å²) in [6.45, 7) is 3.98. The fourth-order valence-corrected chi connectivity index (χ4v) is 3.89. The van der Waals surface area contributed by atoms with Gasteiger partial charge in [-0.2, -0.15) is 5.10 Å². The van der Waals surface area contributed by atoms with Crippen molar-refractivity contribution in [1.82, 2.24) is 14.6 Å². The van der Waals surface area contributed by atoms with Gasteiger partial charge in [-0.05, 0) is 25.5 Å². The van der Waals surface area contributed by atoms with E-state index in [0.717, 1.165) is 38.6 Å².